The van der Waals surface area contributed by atoms with Crippen LogP contribution in [0.25, 0.3) is 0 Å². The summed E-state index contributed by atoms with van der Waals surface area (Å²) in [4.78, 5) is 0. The summed E-state index contributed by atoms with van der Waals surface area (Å²) in [7, 11) is 0. The SMILES string of the molecule is CCNCc1cnn(C(C)C2CC2)c1CC. The van der Waals surface area contributed by atoms with Gasteiger partial charge in [-0.15, -0.1) is 0 Å². The van der Waals surface area contributed by atoms with Crippen LogP contribution in [-0.2, 0) is 13.0 Å². The molecule has 3 heteroatoms. The van der Waals surface area contributed by atoms with E-state index in [1.807, 2.05) is 6.20 Å². The van der Waals surface area contributed by atoms with E-state index in [9.17, 15) is 0 Å². The predicted octanol–water partition coefficient (Wildman–Crippen LogP) is 2.53. The van der Waals surface area contributed by atoms with Crippen molar-refractivity contribution in [2.75, 3.05) is 6.54 Å². The van der Waals surface area contributed by atoms with E-state index in [-0.39, 0.29) is 0 Å². The molecule has 0 spiro atoms. The highest BCUT2D eigenvalue weighted by Gasteiger charge is 2.30. The van der Waals surface area contributed by atoms with Crippen molar-refractivity contribution < 1.29 is 0 Å². The van der Waals surface area contributed by atoms with Gasteiger partial charge in [-0.05, 0) is 38.6 Å². The molecule has 90 valence electrons. The van der Waals surface area contributed by atoms with E-state index in [0.29, 0.717) is 6.04 Å². The molecule has 0 saturated heterocycles. The van der Waals surface area contributed by atoms with Crippen LogP contribution in [0.5, 0.6) is 0 Å². The van der Waals surface area contributed by atoms with Crippen molar-refractivity contribution in [3.63, 3.8) is 0 Å². The fourth-order valence-corrected chi connectivity index (χ4v) is 2.35. The van der Waals surface area contributed by atoms with Gasteiger partial charge in [0.25, 0.3) is 0 Å². The molecule has 1 heterocycles. The predicted molar refractivity (Wildman–Crippen MR) is 66.4 cm³/mol. The van der Waals surface area contributed by atoms with Crippen molar-refractivity contribution >= 4 is 0 Å². The summed E-state index contributed by atoms with van der Waals surface area (Å²) in [6.45, 7) is 8.65. The second-order valence-electron chi connectivity index (χ2n) is 4.77. The fourth-order valence-electron chi connectivity index (χ4n) is 2.35. The van der Waals surface area contributed by atoms with E-state index in [1.54, 1.807) is 0 Å². The Labute approximate surface area is 98.2 Å². The fraction of sp³-hybridized carbons (Fsp3) is 0.769. The summed E-state index contributed by atoms with van der Waals surface area (Å²) < 4.78 is 2.25. The van der Waals surface area contributed by atoms with E-state index in [1.165, 1.54) is 24.1 Å². The van der Waals surface area contributed by atoms with Gasteiger partial charge in [0.15, 0.2) is 0 Å². The van der Waals surface area contributed by atoms with Gasteiger partial charge in [-0.3, -0.25) is 4.68 Å². The molecule has 1 aliphatic rings. The Hall–Kier alpha value is -0.830. The maximum atomic E-state index is 4.58. The topological polar surface area (TPSA) is 29.9 Å². The van der Waals surface area contributed by atoms with E-state index in [4.69, 9.17) is 0 Å². The van der Waals surface area contributed by atoms with Crippen molar-refractivity contribution in [3.8, 4) is 0 Å². The molecule has 0 amide bonds. The normalized spacial score (nSPS) is 17.7. The van der Waals surface area contributed by atoms with Crippen molar-refractivity contribution in [2.24, 2.45) is 5.92 Å². The Balaban J connectivity index is 2.14. The lowest BCUT2D eigenvalue weighted by Gasteiger charge is -2.15. The molecule has 1 atom stereocenters. The summed E-state index contributed by atoms with van der Waals surface area (Å²) in [5, 5.41) is 7.96. The minimum atomic E-state index is 0.588. The maximum absolute atomic E-state index is 4.58. The highest BCUT2D eigenvalue weighted by Crippen LogP contribution is 2.39. The molecule has 1 fully saturated rings. The van der Waals surface area contributed by atoms with E-state index in [0.717, 1.165) is 25.4 Å². The van der Waals surface area contributed by atoms with E-state index >= 15 is 0 Å². The second kappa shape index (κ2) is 5.00. The molecule has 1 unspecified atom stereocenters. The first-order chi connectivity index (χ1) is 7.77. The molecule has 1 aromatic rings. The number of aromatic nitrogens is 2. The molecule has 0 bridgehead atoms. The molecule has 16 heavy (non-hydrogen) atoms. The first-order valence-electron chi connectivity index (χ1n) is 6.53. The highest BCUT2D eigenvalue weighted by molar-refractivity contribution is 5.18. The quantitative estimate of drug-likeness (QED) is 0.800. The number of nitrogens with zero attached hydrogens (tertiary/aromatic N) is 2. The summed E-state index contributed by atoms with van der Waals surface area (Å²) in [6, 6.07) is 0.588. The summed E-state index contributed by atoms with van der Waals surface area (Å²) in [6.07, 6.45) is 5.89. The zero-order chi connectivity index (χ0) is 11.5. The molecular formula is C13H23N3. The number of hydrogen-bond donors (Lipinski definition) is 1. The van der Waals surface area contributed by atoms with Gasteiger partial charge < -0.3 is 5.32 Å². The highest BCUT2D eigenvalue weighted by atomic mass is 15.3. The van der Waals surface area contributed by atoms with Gasteiger partial charge in [0.2, 0.25) is 0 Å². The van der Waals surface area contributed by atoms with Gasteiger partial charge >= 0.3 is 0 Å². The molecule has 1 aromatic heterocycles. The van der Waals surface area contributed by atoms with E-state index < -0.39 is 0 Å². The van der Waals surface area contributed by atoms with Crippen molar-refractivity contribution in [1.29, 1.82) is 0 Å². The summed E-state index contributed by atoms with van der Waals surface area (Å²) >= 11 is 0. The van der Waals surface area contributed by atoms with Gasteiger partial charge in [0.1, 0.15) is 0 Å². The van der Waals surface area contributed by atoms with Crippen LogP contribution in [0.4, 0.5) is 0 Å². The van der Waals surface area contributed by atoms with Gasteiger partial charge in [-0.25, -0.2) is 0 Å². The Morgan fingerprint density at radius 2 is 2.25 bits per heavy atom. The lowest BCUT2D eigenvalue weighted by molar-refractivity contribution is 0.425. The molecule has 1 saturated carbocycles. The van der Waals surface area contributed by atoms with Gasteiger partial charge in [-0.1, -0.05) is 13.8 Å². The first-order valence-corrected chi connectivity index (χ1v) is 6.53. The van der Waals surface area contributed by atoms with Crippen LogP contribution in [0.2, 0.25) is 0 Å². The van der Waals surface area contributed by atoms with Crippen molar-refractivity contribution in [1.82, 2.24) is 15.1 Å². The third kappa shape index (κ3) is 2.29. The Morgan fingerprint density at radius 3 is 2.81 bits per heavy atom. The third-order valence-electron chi connectivity index (χ3n) is 3.58. The lowest BCUT2D eigenvalue weighted by Crippen LogP contribution is -2.15. The van der Waals surface area contributed by atoms with Crippen LogP contribution in [0.1, 0.15) is 50.9 Å². The van der Waals surface area contributed by atoms with E-state index in [2.05, 4.69) is 35.9 Å². The third-order valence-corrected chi connectivity index (χ3v) is 3.58. The largest absolute Gasteiger partial charge is 0.313 e. The zero-order valence-electron chi connectivity index (χ0n) is 10.7. The Kier molecular flexibility index (Phi) is 3.64. The Bertz CT molecular complexity index is 339. The molecule has 0 aromatic carbocycles. The molecule has 3 nitrogen and oxygen atoms in total. The van der Waals surface area contributed by atoms with Crippen LogP contribution in [0.3, 0.4) is 0 Å². The average molecular weight is 221 g/mol. The standard InChI is InChI=1S/C13H23N3/c1-4-13-12(8-14-5-2)9-15-16(13)10(3)11-6-7-11/h9-11,14H,4-8H2,1-3H3. The van der Waals surface area contributed by atoms with Crippen LogP contribution in [0, 0.1) is 5.92 Å². The minimum absolute atomic E-state index is 0.588. The summed E-state index contributed by atoms with van der Waals surface area (Å²) in [5.41, 5.74) is 2.79. The van der Waals surface area contributed by atoms with Gasteiger partial charge in [0.05, 0.1) is 12.2 Å². The lowest BCUT2D eigenvalue weighted by atomic mass is 10.1. The molecule has 1 aliphatic carbocycles. The average Bonchev–Trinajstić information content (AvgIpc) is 3.06. The molecule has 0 radical (unpaired) electrons. The van der Waals surface area contributed by atoms with Gasteiger partial charge in [-0.2, -0.15) is 5.10 Å². The molecule has 2 rings (SSSR count). The van der Waals surface area contributed by atoms with Gasteiger partial charge in [0, 0.05) is 17.8 Å². The van der Waals surface area contributed by atoms with Crippen LogP contribution >= 0.6 is 0 Å². The van der Waals surface area contributed by atoms with Crippen molar-refractivity contribution in [2.45, 2.75) is 52.6 Å². The molecule has 0 aliphatic heterocycles. The maximum Gasteiger partial charge on any atom is 0.0537 e. The monoisotopic (exact) mass is 221 g/mol. The zero-order valence-corrected chi connectivity index (χ0v) is 10.7. The smallest absolute Gasteiger partial charge is 0.0537 e. The number of hydrogen-bond acceptors (Lipinski definition) is 2. The second-order valence-corrected chi connectivity index (χ2v) is 4.77. The molecule has 1 N–H and O–H groups in total. The van der Waals surface area contributed by atoms with Crippen LogP contribution in [-0.4, -0.2) is 16.3 Å². The Morgan fingerprint density at radius 1 is 1.50 bits per heavy atom. The first kappa shape index (κ1) is 11.6. The van der Waals surface area contributed by atoms with Crippen molar-refractivity contribution in [3.05, 3.63) is 17.5 Å². The number of nitrogens with one attached hydrogen (secondary N) is 1. The minimum Gasteiger partial charge on any atom is -0.313 e. The van der Waals surface area contributed by atoms with Crippen LogP contribution < -0.4 is 5.32 Å². The number of rotatable bonds is 6. The molecular weight excluding hydrogens is 198 g/mol. The summed E-state index contributed by atoms with van der Waals surface area (Å²) in [5.74, 6) is 0.872. The van der Waals surface area contributed by atoms with Crippen LogP contribution in [0.15, 0.2) is 6.20 Å².